The first kappa shape index (κ1) is 12.0. The van der Waals surface area contributed by atoms with Crippen LogP contribution >= 0.6 is 0 Å². The molecule has 2 heterocycles. The van der Waals surface area contributed by atoms with Gasteiger partial charge >= 0.3 is 0 Å². The van der Waals surface area contributed by atoms with Crippen LogP contribution in [0.15, 0.2) is 0 Å². The average molecular weight is 236 g/mol. The van der Waals surface area contributed by atoms with Crippen molar-refractivity contribution in [3.05, 3.63) is 0 Å². The second-order valence-electron chi connectivity index (χ2n) is 6.63. The standard InChI is InChI=1S/C15H28N2/c1-3-13-10-16-7-5-4-6-14(16)11-17(13)15-8-12(2)9-15/h12-15H,3-11H2,1-2H3. The lowest BCUT2D eigenvalue weighted by atomic mass is 9.79. The summed E-state index contributed by atoms with van der Waals surface area (Å²) in [7, 11) is 0. The van der Waals surface area contributed by atoms with Crippen LogP contribution in [-0.2, 0) is 0 Å². The zero-order valence-corrected chi connectivity index (χ0v) is 11.6. The van der Waals surface area contributed by atoms with Gasteiger partial charge in [0.25, 0.3) is 0 Å². The highest BCUT2D eigenvalue weighted by Gasteiger charge is 2.40. The van der Waals surface area contributed by atoms with Gasteiger partial charge in [0, 0.05) is 31.2 Å². The molecule has 1 aliphatic carbocycles. The van der Waals surface area contributed by atoms with Crippen LogP contribution in [0.4, 0.5) is 0 Å². The second-order valence-corrected chi connectivity index (χ2v) is 6.63. The lowest BCUT2D eigenvalue weighted by Crippen LogP contribution is -2.63. The van der Waals surface area contributed by atoms with Gasteiger partial charge in [-0.1, -0.05) is 20.3 Å². The zero-order valence-electron chi connectivity index (χ0n) is 11.6. The Hall–Kier alpha value is -0.0800. The molecule has 0 aromatic carbocycles. The van der Waals surface area contributed by atoms with Crippen LogP contribution < -0.4 is 0 Å². The number of hydrogen-bond donors (Lipinski definition) is 0. The van der Waals surface area contributed by atoms with Crippen LogP contribution in [0.25, 0.3) is 0 Å². The molecule has 0 amide bonds. The summed E-state index contributed by atoms with van der Waals surface area (Å²) in [5.74, 6) is 0.988. The first-order valence-corrected chi connectivity index (χ1v) is 7.77. The molecule has 2 heteroatoms. The molecule has 1 saturated carbocycles. The molecule has 0 N–H and O–H groups in total. The molecule has 2 aliphatic heterocycles. The first-order valence-electron chi connectivity index (χ1n) is 7.77. The Balaban J connectivity index is 1.65. The quantitative estimate of drug-likeness (QED) is 0.727. The minimum atomic E-state index is 0.849. The third-order valence-corrected chi connectivity index (χ3v) is 5.37. The zero-order chi connectivity index (χ0) is 11.8. The predicted molar refractivity (Wildman–Crippen MR) is 72.2 cm³/mol. The third-order valence-electron chi connectivity index (χ3n) is 5.37. The van der Waals surface area contributed by atoms with Gasteiger partial charge in [-0.3, -0.25) is 9.80 Å². The van der Waals surface area contributed by atoms with Gasteiger partial charge < -0.3 is 0 Å². The van der Waals surface area contributed by atoms with Gasteiger partial charge in [-0.25, -0.2) is 0 Å². The van der Waals surface area contributed by atoms with Gasteiger partial charge in [0.15, 0.2) is 0 Å². The molecule has 3 fully saturated rings. The van der Waals surface area contributed by atoms with Gasteiger partial charge in [-0.2, -0.15) is 0 Å². The Bertz CT molecular complexity index is 260. The Labute approximate surface area is 106 Å². The van der Waals surface area contributed by atoms with Gasteiger partial charge in [-0.15, -0.1) is 0 Å². The topological polar surface area (TPSA) is 6.48 Å². The van der Waals surface area contributed by atoms with Gasteiger partial charge in [0.2, 0.25) is 0 Å². The number of piperazine rings is 1. The van der Waals surface area contributed by atoms with Crippen LogP contribution in [0, 0.1) is 5.92 Å². The van der Waals surface area contributed by atoms with E-state index in [-0.39, 0.29) is 0 Å². The van der Waals surface area contributed by atoms with Crippen LogP contribution in [0.3, 0.4) is 0 Å². The molecular weight excluding hydrogens is 208 g/mol. The molecule has 3 rings (SSSR count). The molecule has 0 spiro atoms. The SMILES string of the molecule is CCC1CN2CCCCC2CN1C1CC(C)C1. The van der Waals surface area contributed by atoms with Gasteiger partial charge in [-0.05, 0) is 44.6 Å². The molecule has 0 aromatic heterocycles. The van der Waals surface area contributed by atoms with Crippen molar-refractivity contribution in [2.45, 2.75) is 70.5 Å². The molecule has 2 nitrogen and oxygen atoms in total. The number of rotatable bonds is 2. The number of hydrogen-bond acceptors (Lipinski definition) is 2. The highest BCUT2D eigenvalue weighted by molar-refractivity contribution is 4.96. The maximum Gasteiger partial charge on any atom is 0.0224 e. The maximum atomic E-state index is 2.88. The molecule has 3 aliphatic rings. The fourth-order valence-electron chi connectivity index (χ4n) is 4.22. The number of nitrogens with zero attached hydrogens (tertiary/aromatic N) is 2. The molecule has 98 valence electrons. The van der Waals surface area contributed by atoms with Gasteiger partial charge in [0.1, 0.15) is 0 Å². The van der Waals surface area contributed by atoms with E-state index in [0.29, 0.717) is 0 Å². The lowest BCUT2D eigenvalue weighted by Gasteiger charge is -2.54. The van der Waals surface area contributed by atoms with E-state index in [1.165, 1.54) is 58.2 Å². The van der Waals surface area contributed by atoms with Crippen LogP contribution in [0.2, 0.25) is 0 Å². The van der Waals surface area contributed by atoms with Crippen molar-refractivity contribution >= 4 is 0 Å². The molecule has 2 atom stereocenters. The van der Waals surface area contributed by atoms with E-state index in [9.17, 15) is 0 Å². The number of fused-ring (bicyclic) bond motifs is 1. The second kappa shape index (κ2) is 4.89. The van der Waals surface area contributed by atoms with Crippen molar-refractivity contribution < 1.29 is 0 Å². The third kappa shape index (κ3) is 2.26. The van der Waals surface area contributed by atoms with Crippen molar-refractivity contribution in [3.63, 3.8) is 0 Å². The van der Waals surface area contributed by atoms with Crippen LogP contribution in [0.1, 0.15) is 52.4 Å². The van der Waals surface area contributed by atoms with E-state index in [2.05, 4.69) is 23.6 Å². The maximum absolute atomic E-state index is 2.88. The van der Waals surface area contributed by atoms with E-state index >= 15 is 0 Å². The van der Waals surface area contributed by atoms with Crippen LogP contribution in [0.5, 0.6) is 0 Å². The highest BCUT2D eigenvalue weighted by Crippen LogP contribution is 2.36. The van der Waals surface area contributed by atoms with E-state index < -0.39 is 0 Å². The van der Waals surface area contributed by atoms with E-state index in [4.69, 9.17) is 0 Å². The predicted octanol–water partition coefficient (Wildman–Crippen LogP) is 2.73. The minimum Gasteiger partial charge on any atom is -0.298 e. The van der Waals surface area contributed by atoms with Crippen molar-refractivity contribution in [3.8, 4) is 0 Å². The van der Waals surface area contributed by atoms with Crippen molar-refractivity contribution in [2.24, 2.45) is 5.92 Å². The molecule has 0 bridgehead atoms. The molecule has 2 saturated heterocycles. The Morgan fingerprint density at radius 1 is 1.06 bits per heavy atom. The van der Waals surface area contributed by atoms with Crippen molar-refractivity contribution in [1.82, 2.24) is 9.80 Å². The largest absolute Gasteiger partial charge is 0.298 e. The summed E-state index contributed by atoms with van der Waals surface area (Å²) in [5, 5.41) is 0. The summed E-state index contributed by atoms with van der Waals surface area (Å²) in [6.07, 6.45) is 8.62. The summed E-state index contributed by atoms with van der Waals surface area (Å²) in [5.41, 5.74) is 0. The monoisotopic (exact) mass is 236 g/mol. The molecular formula is C15H28N2. The normalized spacial score (nSPS) is 44.1. The molecule has 0 radical (unpaired) electrons. The summed E-state index contributed by atoms with van der Waals surface area (Å²) in [6, 6.07) is 2.67. The van der Waals surface area contributed by atoms with E-state index in [1.807, 2.05) is 0 Å². The smallest absolute Gasteiger partial charge is 0.0224 e. The molecule has 17 heavy (non-hydrogen) atoms. The van der Waals surface area contributed by atoms with Crippen molar-refractivity contribution in [2.75, 3.05) is 19.6 Å². The van der Waals surface area contributed by atoms with Crippen molar-refractivity contribution in [1.29, 1.82) is 0 Å². The minimum absolute atomic E-state index is 0.849. The Kier molecular flexibility index (Phi) is 3.45. The fourth-order valence-corrected chi connectivity index (χ4v) is 4.22. The first-order chi connectivity index (χ1) is 8.28. The van der Waals surface area contributed by atoms with E-state index in [0.717, 1.165) is 24.0 Å². The Morgan fingerprint density at radius 3 is 2.59 bits per heavy atom. The lowest BCUT2D eigenvalue weighted by molar-refractivity contribution is -0.0450. The van der Waals surface area contributed by atoms with Crippen LogP contribution in [-0.4, -0.2) is 47.6 Å². The van der Waals surface area contributed by atoms with E-state index in [1.54, 1.807) is 0 Å². The molecule has 0 aromatic rings. The number of piperidine rings is 1. The summed E-state index contributed by atoms with van der Waals surface area (Å²) < 4.78 is 0. The summed E-state index contributed by atoms with van der Waals surface area (Å²) in [4.78, 5) is 5.67. The Morgan fingerprint density at radius 2 is 1.88 bits per heavy atom. The fraction of sp³-hybridized carbons (Fsp3) is 1.00. The summed E-state index contributed by atoms with van der Waals surface area (Å²) >= 11 is 0. The average Bonchev–Trinajstić information content (AvgIpc) is 2.33. The van der Waals surface area contributed by atoms with Gasteiger partial charge in [0.05, 0.1) is 0 Å². The summed E-state index contributed by atoms with van der Waals surface area (Å²) in [6.45, 7) is 8.89. The molecule has 2 unspecified atom stereocenters. The highest BCUT2D eigenvalue weighted by atomic mass is 15.3.